The van der Waals surface area contributed by atoms with E-state index < -0.39 is 21.5 Å². The fourth-order valence-electron chi connectivity index (χ4n) is 5.69. The molecule has 47 heavy (non-hydrogen) atoms. The van der Waals surface area contributed by atoms with E-state index in [0.717, 1.165) is 17.6 Å². The summed E-state index contributed by atoms with van der Waals surface area (Å²) in [6.45, 7) is 12.9. The lowest BCUT2D eigenvalue weighted by Gasteiger charge is -2.35. The molecule has 0 radical (unpaired) electrons. The van der Waals surface area contributed by atoms with Gasteiger partial charge in [0.1, 0.15) is 27.9 Å². The van der Waals surface area contributed by atoms with Crippen molar-refractivity contribution in [2.45, 2.75) is 58.6 Å². The van der Waals surface area contributed by atoms with Gasteiger partial charge in [-0.05, 0) is 58.4 Å². The van der Waals surface area contributed by atoms with Crippen molar-refractivity contribution >= 4 is 39.1 Å². The van der Waals surface area contributed by atoms with E-state index in [1.165, 1.54) is 12.0 Å². The van der Waals surface area contributed by atoms with E-state index >= 15 is 0 Å². The molecule has 15 heteroatoms. The Bertz CT molecular complexity index is 1950. The van der Waals surface area contributed by atoms with Gasteiger partial charge in [0.2, 0.25) is 5.91 Å². The Kier molecular flexibility index (Phi) is 8.97. The number of hydrogen-bond acceptors (Lipinski definition) is 10. The van der Waals surface area contributed by atoms with Crippen LogP contribution in [0.1, 0.15) is 44.8 Å². The maximum atomic E-state index is 14.0. The molecule has 14 nitrogen and oxygen atoms in total. The highest BCUT2D eigenvalue weighted by Gasteiger charge is 2.31. The molecule has 1 aromatic carbocycles. The van der Waals surface area contributed by atoms with Gasteiger partial charge in [0, 0.05) is 58.0 Å². The summed E-state index contributed by atoms with van der Waals surface area (Å²) in [5, 5.41) is 9.31. The molecule has 0 spiro atoms. The van der Waals surface area contributed by atoms with Crippen molar-refractivity contribution in [3.8, 4) is 16.9 Å². The third kappa shape index (κ3) is 7.04. The van der Waals surface area contributed by atoms with Crippen LogP contribution in [0.4, 0.5) is 16.4 Å². The topological polar surface area (TPSA) is 144 Å². The van der Waals surface area contributed by atoms with Crippen LogP contribution < -0.4 is 14.5 Å². The SMILES string of the molecule is COc1ccc(-c2c(C)nn3c(N(Cc4cc(C)nn4C)C(=O)OC(C)(C)C)cc(N4CCN(C(C)=O)CC4)nc23)cc1S(C)(=O)=O. The van der Waals surface area contributed by atoms with Gasteiger partial charge in [0.25, 0.3) is 0 Å². The number of fused-ring (bicyclic) bond motifs is 1. The number of nitrogens with zero attached hydrogens (tertiary/aromatic N) is 8. The predicted octanol–water partition coefficient (Wildman–Crippen LogP) is 3.77. The summed E-state index contributed by atoms with van der Waals surface area (Å²) in [6.07, 6.45) is 0.542. The number of piperazine rings is 1. The van der Waals surface area contributed by atoms with Gasteiger partial charge in [-0.2, -0.15) is 14.7 Å². The Morgan fingerprint density at radius 3 is 2.26 bits per heavy atom. The van der Waals surface area contributed by atoms with Crippen LogP contribution in [-0.2, 0) is 33.0 Å². The Balaban J connectivity index is 1.76. The van der Waals surface area contributed by atoms with Crippen molar-refractivity contribution in [1.82, 2.24) is 29.3 Å². The molecule has 2 amide bonds. The molecule has 0 aliphatic carbocycles. The second-order valence-electron chi connectivity index (χ2n) is 12.8. The van der Waals surface area contributed by atoms with Crippen LogP contribution in [0.25, 0.3) is 16.8 Å². The van der Waals surface area contributed by atoms with E-state index in [-0.39, 0.29) is 23.1 Å². The second kappa shape index (κ2) is 12.5. The van der Waals surface area contributed by atoms with Gasteiger partial charge in [0.05, 0.1) is 30.7 Å². The zero-order chi connectivity index (χ0) is 34.4. The summed E-state index contributed by atoms with van der Waals surface area (Å²) in [5.41, 5.74) is 2.95. The molecule has 5 rings (SSSR count). The minimum Gasteiger partial charge on any atom is -0.495 e. The third-order valence-electron chi connectivity index (χ3n) is 7.94. The molecule has 0 unspecified atom stereocenters. The lowest BCUT2D eigenvalue weighted by molar-refractivity contribution is -0.129. The molecule has 0 saturated carbocycles. The Morgan fingerprint density at radius 1 is 1.02 bits per heavy atom. The van der Waals surface area contributed by atoms with Crippen molar-refractivity contribution in [2.75, 3.05) is 49.3 Å². The Labute approximate surface area is 274 Å². The molecule has 0 bridgehead atoms. The Morgan fingerprint density at radius 2 is 1.70 bits per heavy atom. The maximum absolute atomic E-state index is 14.0. The lowest BCUT2D eigenvalue weighted by atomic mass is 10.1. The highest BCUT2D eigenvalue weighted by molar-refractivity contribution is 7.90. The average Bonchev–Trinajstić information content (AvgIpc) is 3.49. The van der Waals surface area contributed by atoms with Crippen molar-refractivity contribution in [1.29, 1.82) is 0 Å². The molecular weight excluding hydrogens is 624 g/mol. The van der Waals surface area contributed by atoms with Gasteiger partial charge in [0.15, 0.2) is 15.5 Å². The maximum Gasteiger partial charge on any atom is 0.416 e. The minimum atomic E-state index is -3.64. The fraction of sp³-hybridized carbons (Fsp3) is 0.469. The van der Waals surface area contributed by atoms with E-state index in [0.29, 0.717) is 60.3 Å². The highest BCUT2D eigenvalue weighted by atomic mass is 32.2. The normalized spacial score (nSPS) is 14.1. The molecule has 1 saturated heterocycles. The lowest BCUT2D eigenvalue weighted by Crippen LogP contribution is -2.48. The van der Waals surface area contributed by atoms with Crippen LogP contribution in [0.3, 0.4) is 0 Å². The molecule has 4 heterocycles. The molecule has 1 fully saturated rings. The number of sulfone groups is 1. The van der Waals surface area contributed by atoms with Gasteiger partial charge in [-0.1, -0.05) is 6.07 Å². The predicted molar refractivity (Wildman–Crippen MR) is 178 cm³/mol. The van der Waals surface area contributed by atoms with E-state index in [2.05, 4.69) is 10.00 Å². The second-order valence-corrected chi connectivity index (χ2v) is 14.8. The largest absolute Gasteiger partial charge is 0.495 e. The van der Waals surface area contributed by atoms with Gasteiger partial charge < -0.3 is 19.3 Å². The number of amides is 2. The van der Waals surface area contributed by atoms with Crippen LogP contribution >= 0.6 is 0 Å². The first kappa shape index (κ1) is 33.7. The monoisotopic (exact) mass is 666 g/mol. The van der Waals surface area contributed by atoms with E-state index in [1.54, 1.807) is 66.1 Å². The van der Waals surface area contributed by atoms with Gasteiger partial charge in [-0.15, -0.1) is 0 Å². The van der Waals surface area contributed by atoms with Gasteiger partial charge in [-0.25, -0.2) is 18.2 Å². The standard InChI is InChI=1S/C32H42N8O6S/c1-20-16-24(36(7)34-20)19-39(31(42)46-32(4,5)6)28-18-27(38-14-12-37(13-15-38)22(3)41)33-30-29(21(2)35-40(28)30)23-10-11-25(45-8)26(17-23)47(9,43)44/h10-11,16-18H,12-15,19H2,1-9H3. The summed E-state index contributed by atoms with van der Waals surface area (Å²) >= 11 is 0. The van der Waals surface area contributed by atoms with E-state index in [9.17, 15) is 18.0 Å². The molecule has 1 aliphatic heterocycles. The first-order valence-electron chi connectivity index (χ1n) is 15.3. The number of rotatable bonds is 7. The zero-order valence-corrected chi connectivity index (χ0v) is 29.2. The summed E-state index contributed by atoms with van der Waals surface area (Å²) in [7, 11) is -0.402. The molecule has 4 aromatic rings. The number of benzene rings is 1. The first-order valence-corrected chi connectivity index (χ1v) is 17.2. The van der Waals surface area contributed by atoms with Crippen molar-refractivity contribution in [2.24, 2.45) is 7.05 Å². The molecule has 252 valence electrons. The Hall–Kier alpha value is -4.66. The quantitative estimate of drug-likeness (QED) is 0.286. The van der Waals surface area contributed by atoms with Crippen LogP contribution in [-0.4, -0.2) is 94.8 Å². The highest BCUT2D eigenvalue weighted by Crippen LogP contribution is 2.36. The number of methoxy groups -OCH3 is 1. The number of aromatic nitrogens is 5. The fourth-order valence-corrected chi connectivity index (χ4v) is 6.55. The van der Waals surface area contributed by atoms with Gasteiger partial charge >= 0.3 is 6.09 Å². The van der Waals surface area contributed by atoms with Crippen molar-refractivity contribution in [3.05, 3.63) is 47.4 Å². The number of aryl methyl sites for hydroxylation is 3. The summed E-state index contributed by atoms with van der Waals surface area (Å²) in [5.74, 6) is 1.21. The molecule has 3 aromatic heterocycles. The summed E-state index contributed by atoms with van der Waals surface area (Å²) < 4.78 is 40.0. The van der Waals surface area contributed by atoms with E-state index in [1.807, 2.05) is 27.0 Å². The van der Waals surface area contributed by atoms with Gasteiger partial charge in [-0.3, -0.25) is 14.4 Å². The summed E-state index contributed by atoms with van der Waals surface area (Å²) in [4.78, 5) is 36.5. The smallest absolute Gasteiger partial charge is 0.416 e. The van der Waals surface area contributed by atoms with Crippen molar-refractivity contribution < 1.29 is 27.5 Å². The number of carbonyl (C=O) groups excluding carboxylic acids is 2. The summed E-state index contributed by atoms with van der Waals surface area (Å²) in [6, 6.07) is 8.64. The zero-order valence-electron chi connectivity index (χ0n) is 28.4. The molecule has 0 atom stereocenters. The number of carbonyl (C=O) groups is 2. The third-order valence-corrected chi connectivity index (χ3v) is 9.06. The minimum absolute atomic E-state index is 0.00575. The average molecular weight is 667 g/mol. The molecule has 0 N–H and O–H groups in total. The number of hydrogen-bond donors (Lipinski definition) is 0. The van der Waals surface area contributed by atoms with Crippen LogP contribution in [0.5, 0.6) is 5.75 Å². The molecule has 1 aliphatic rings. The number of ether oxygens (including phenoxy) is 2. The van der Waals surface area contributed by atoms with E-state index in [4.69, 9.17) is 19.6 Å². The first-order chi connectivity index (χ1) is 22.0. The number of anilines is 2. The van der Waals surface area contributed by atoms with Crippen LogP contribution in [0.2, 0.25) is 0 Å². The van der Waals surface area contributed by atoms with Crippen LogP contribution in [0.15, 0.2) is 35.2 Å². The molecular formula is C32H42N8O6S. The van der Waals surface area contributed by atoms with Crippen LogP contribution in [0, 0.1) is 13.8 Å². The van der Waals surface area contributed by atoms with Crippen molar-refractivity contribution in [3.63, 3.8) is 0 Å².